The van der Waals surface area contributed by atoms with Crippen molar-refractivity contribution in [2.24, 2.45) is 5.92 Å². The number of rotatable bonds is 4. The van der Waals surface area contributed by atoms with Gasteiger partial charge in [-0.3, -0.25) is 0 Å². The highest BCUT2D eigenvalue weighted by molar-refractivity contribution is 6.30. The number of hydrogen-bond acceptors (Lipinski definition) is 0. The Balaban J connectivity index is 3.17. The lowest BCUT2D eigenvalue weighted by molar-refractivity contribution is 0.573. The van der Waals surface area contributed by atoms with Crippen LogP contribution in [0.5, 0.6) is 0 Å². The van der Waals surface area contributed by atoms with Gasteiger partial charge in [0.05, 0.1) is 0 Å². The second-order valence-corrected chi connectivity index (χ2v) is 5.28. The number of halogens is 1. The Morgan fingerprint density at radius 3 is 2.18 bits per heavy atom. The standard InChI is InChI=1S/C16H23Cl/c1-6-14(7-2)12(4)13(5)15-8-11(3)9-16(17)10-15/h8-10,14H,6-7H2,1-5H3. The number of hydrogen-bond donors (Lipinski definition) is 0. The molecular weight excluding hydrogens is 228 g/mol. The summed E-state index contributed by atoms with van der Waals surface area (Å²) in [6.45, 7) is 11.1. The van der Waals surface area contributed by atoms with Crippen molar-refractivity contribution in [1.29, 1.82) is 0 Å². The molecule has 0 aliphatic carbocycles. The van der Waals surface area contributed by atoms with Gasteiger partial charge >= 0.3 is 0 Å². The average Bonchev–Trinajstić information content (AvgIpc) is 2.28. The molecule has 0 radical (unpaired) electrons. The van der Waals surface area contributed by atoms with E-state index in [9.17, 15) is 0 Å². The molecule has 0 fully saturated rings. The molecule has 0 aromatic heterocycles. The van der Waals surface area contributed by atoms with E-state index in [4.69, 9.17) is 11.6 Å². The maximum absolute atomic E-state index is 6.12. The van der Waals surface area contributed by atoms with Crippen molar-refractivity contribution in [3.05, 3.63) is 39.9 Å². The third kappa shape index (κ3) is 3.61. The molecule has 0 saturated carbocycles. The smallest absolute Gasteiger partial charge is 0.0414 e. The summed E-state index contributed by atoms with van der Waals surface area (Å²) in [6.07, 6.45) is 2.42. The second kappa shape index (κ2) is 6.26. The Hall–Kier alpha value is -0.750. The molecule has 17 heavy (non-hydrogen) atoms. The molecule has 0 aliphatic heterocycles. The topological polar surface area (TPSA) is 0 Å². The molecule has 94 valence electrons. The van der Waals surface area contributed by atoms with E-state index in [1.54, 1.807) is 0 Å². The van der Waals surface area contributed by atoms with Gasteiger partial charge in [0, 0.05) is 5.02 Å². The maximum atomic E-state index is 6.12. The molecule has 1 heteroatoms. The van der Waals surface area contributed by atoms with Crippen LogP contribution < -0.4 is 0 Å². The molecule has 0 amide bonds. The van der Waals surface area contributed by atoms with Crippen LogP contribution >= 0.6 is 11.6 Å². The Kier molecular flexibility index (Phi) is 5.27. The molecular formula is C16H23Cl. The van der Waals surface area contributed by atoms with E-state index in [0.29, 0.717) is 5.92 Å². The molecule has 0 spiro atoms. The highest BCUT2D eigenvalue weighted by Crippen LogP contribution is 2.29. The van der Waals surface area contributed by atoms with Crippen molar-refractivity contribution < 1.29 is 0 Å². The predicted octanol–water partition coefficient (Wildman–Crippen LogP) is 5.88. The fourth-order valence-corrected chi connectivity index (χ4v) is 2.68. The van der Waals surface area contributed by atoms with Gasteiger partial charge in [0.2, 0.25) is 0 Å². The summed E-state index contributed by atoms with van der Waals surface area (Å²) in [5.41, 5.74) is 5.37. The highest BCUT2D eigenvalue weighted by atomic mass is 35.5. The van der Waals surface area contributed by atoms with Crippen molar-refractivity contribution >= 4 is 17.2 Å². The minimum Gasteiger partial charge on any atom is -0.0843 e. The lowest BCUT2D eigenvalue weighted by atomic mass is 9.89. The molecule has 0 nitrogen and oxygen atoms in total. The first-order valence-electron chi connectivity index (χ1n) is 6.44. The number of allylic oxidation sites excluding steroid dienone is 2. The maximum Gasteiger partial charge on any atom is 0.0414 e. The van der Waals surface area contributed by atoms with Crippen molar-refractivity contribution in [3.63, 3.8) is 0 Å². The molecule has 0 N–H and O–H groups in total. The van der Waals surface area contributed by atoms with E-state index in [0.717, 1.165) is 5.02 Å². The summed E-state index contributed by atoms with van der Waals surface area (Å²) in [6, 6.07) is 6.29. The Morgan fingerprint density at radius 1 is 1.12 bits per heavy atom. The van der Waals surface area contributed by atoms with Crippen LogP contribution in [0.4, 0.5) is 0 Å². The van der Waals surface area contributed by atoms with Crippen molar-refractivity contribution in [3.8, 4) is 0 Å². The molecule has 0 saturated heterocycles. The van der Waals surface area contributed by atoms with E-state index in [1.165, 1.54) is 35.1 Å². The van der Waals surface area contributed by atoms with Crippen molar-refractivity contribution in [2.45, 2.75) is 47.5 Å². The van der Waals surface area contributed by atoms with E-state index in [2.05, 4.69) is 46.8 Å². The van der Waals surface area contributed by atoms with E-state index < -0.39 is 0 Å². The molecule has 0 aliphatic rings. The third-order valence-electron chi connectivity index (χ3n) is 3.66. The van der Waals surface area contributed by atoms with Gasteiger partial charge in [0.15, 0.2) is 0 Å². The van der Waals surface area contributed by atoms with Gasteiger partial charge in [0.25, 0.3) is 0 Å². The third-order valence-corrected chi connectivity index (χ3v) is 3.88. The van der Waals surface area contributed by atoms with Gasteiger partial charge in [-0.2, -0.15) is 0 Å². The first-order chi connectivity index (χ1) is 7.99. The zero-order chi connectivity index (χ0) is 13.0. The minimum absolute atomic E-state index is 0.689. The molecule has 1 rings (SSSR count). The zero-order valence-corrected chi connectivity index (χ0v) is 12.4. The molecule has 0 heterocycles. The van der Waals surface area contributed by atoms with E-state index >= 15 is 0 Å². The fraction of sp³-hybridized carbons (Fsp3) is 0.500. The summed E-state index contributed by atoms with van der Waals surface area (Å²) < 4.78 is 0. The van der Waals surface area contributed by atoms with Gasteiger partial charge in [-0.25, -0.2) is 0 Å². The van der Waals surface area contributed by atoms with Crippen LogP contribution in [0.15, 0.2) is 23.8 Å². The number of benzene rings is 1. The van der Waals surface area contributed by atoms with E-state index in [-0.39, 0.29) is 0 Å². The van der Waals surface area contributed by atoms with Crippen LogP contribution in [-0.4, -0.2) is 0 Å². The summed E-state index contributed by atoms with van der Waals surface area (Å²) in [5, 5.41) is 0.830. The van der Waals surface area contributed by atoms with Crippen molar-refractivity contribution in [2.75, 3.05) is 0 Å². The van der Waals surface area contributed by atoms with Crippen molar-refractivity contribution in [1.82, 2.24) is 0 Å². The lowest BCUT2D eigenvalue weighted by Gasteiger charge is -2.17. The van der Waals surface area contributed by atoms with Gasteiger partial charge in [-0.15, -0.1) is 0 Å². The summed E-state index contributed by atoms with van der Waals surface area (Å²) in [4.78, 5) is 0. The minimum atomic E-state index is 0.689. The van der Waals surface area contributed by atoms with Gasteiger partial charge in [-0.05, 0) is 68.4 Å². The quantitative estimate of drug-likeness (QED) is 0.626. The summed E-state index contributed by atoms with van der Waals surface area (Å²) >= 11 is 6.12. The second-order valence-electron chi connectivity index (χ2n) is 4.84. The van der Waals surface area contributed by atoms with Crippen LogP contribution in [0.25, 0.3) is 5.57 Å². The fourth-order valence-electron chi connectivity index (χ4n) is 2.39. The number of aryl methyl sites for hydroxylation is 1. The van der Waals surface area contributed by atoms with Crippen LogP contribution in [0.3, 0.4) is 0 Å². The zero-order valence-electron chi connectivity index (χ0n) is 11.6. The van der Waals surface area contributed by atoms with Crippen LogP contribution in [0, 0.1) is 12.8 Å². The molecule has 0 atom stereocenters. The normalized spacial score (nSPS) is 12.9. The largest absolute Gasteiger partial charge is 0.0843 e. The van der Waals surface area contributed by atoms with Gasteiger partial charge < -0.3 is 0 Å². The van der Waals surface area contributed by atoms with Crippen LogP contribution in [-0.2, 0) is 0 Å². The molecule has 1 aromatic rings. The van der Waals surface area contributed by atoms with Gasteiger partial charge in [0.1, 0.15) is 0 Å². The van der Waals surface area contributed by atoms with Crippen LogP contribution in [0.1, 0.15) is 51.7 Å². The molecule has 0 bridgehead atoms. The van der Waals surface area contributed by atoms with Crippen LogP contribution in [0.2, 0.25) is 5.02 Å². The van der Waals surface area contributed by atoms with Gasteiger partial charge in [-0.1, -0.05) is 37.1 Å². The molecule has 0 unspecified atom stereocenters. The Labute approximate surface area is 111 Å². The van der Waals surface area contributed by atoms with E-state index in [1.807, 2.05) is 6.07 Å². The first kappa shape index (κ1) is 14.3. The summed E-state index contributed by atoms with van der Waals surface area (Å²) in [7, 11) is 0. The predicted molar refractivity (Wildman–Crippen MR) is 78.5 cm³/mol. The summed E-state index contributed by atoms with van der Waals surface area (Å²) in [5.74, 6) is 0.689. The highest BCUT2D eigenvalue weighted by Gasteiger charge is 2.10. The monoisotopic (exact) mass is 250 g/mol. The lowest BCUT2D eigenvalue weighted by Crippen LogP contribution is -2.01. The Bertz CT molecular complexity index is 391. The SMILES string of the molecule is CCC(CC)C(C)=C(C)c1cc(C)cc(Cl)c1. The average molecular weight is 251 g/mol. The first-order valence-corrected chi connectivity index (χ1v) is 6.82. The molecule has 1 aromatic carbocycles. The Morgan fingerprint density at radius 2 is 1.71 bits per heavy atom.